The maximum absolute atomic E-state index is 12.5. The third-order valence-corrected chi connectivity index (χ3v) is 5.72. The smallest absolute Gasteiger partial charge is 0.220 e. The normalized spacial score (nSPS) is 19.1. The first-order valence-electron chi connectivity index (χ1n) is 10.7. The monoisotopic (exact) mass is 399 g/mol. The van der Waals surface area contributed by atoms with E-state index in [1.807, 2.05) is 24.3 Å². The summed E-state index contributed by atoms with van der Waals surface area (Å²) in [5.74, 6) is 2.67. The number of benzene rings is 1. The van der Waals surface area contributed by atoms with Crippen LogP contribution in [0.1, 0.15) is 49.6 Å². The van der Waals surface area contributed by atoms with Crippen LogP contribution in [0.2, 0.25) is 0 Å². The molecule has 2 N–H and O–H groups in total. The standard InChI is InChI=1S/C23H33N3O3/c1-3-4-5-22-14-20(26-29-22)12-19-16-24-11-10-18(19)13-23(27)25-15-17-6-8-21(28-2)9-7-17/h6-9,14,18-19,24H,3-5,10-13,15-16H2,1-2H3,(H,25,27). The van der Waals surface area contributed by atoms with Crippen molar-refractivity contribution in [1.82, 2.24) is 15.8 Å². The van der Waals surface area contributed by atoms with E-state index < -0.39 is 0 Å². The number of carbonyl (C=O) groups is 1. The Balaban J connectivity index is 1.49. The number of nitrogens with zero attached hydrogens (tertiary/aromatic N) is 1. The number of piperidine rings is 1. The van der Waals surface area contributed by atoms with Gasteiger partial charge < -0.3 is 19.9 Å². The summed E-state index contributed by atoms with van der Waals surface area (Å²) in [5.41, 5.74) is 2.08. The lowest BCUT2D eigenvalue weighted by Crippen LogP contribution is -2.40. The molecule has 158 valence electrons. The topological polar surface area (TPSA) is 76.4 Å². The highest BCUT2D eigenvalue weighted by Crippen LogP contribution is 2.26. The first-order valence-corrected chi connectivity index (χ1v) is 10.7. The van der Waals surface area contributed by atoms with Gasteiger partial charge >= 0.3 is 0 Å². The maximum Gasteiger partial charge on any atom is 0.220 e. The van der Waals surface area contributed by atoms with Crippen LogP contribution in [0, 0.1) is 11.8 Å². The van der Waals surface area contributed by atoms with Crippen molar-refractivity contribution in [3.05, 3.63) is 47.3 Å². The van der Waals surface area contributed by atoms with Crippen molar-refractivity contribution in [1.29, 1.82) is 0 Å². The second-order valence-electron chi connectivity index (χ2n) is 7.93. The molecule has 1 aliphatic heterocycles. The fourth-order valence-electron chi connectivity index (χ4n) is 3.93. The Morgan fingerprint density at radius 1 is 1.31 bits per heavy atom. The van der Waals surface area contributed by atoms with Crippen molar-refractivity contribution in [2.45, 2.75) is 52.0 Å². The molecule has 0 aliphatic carbocycles. The molecule has 1 saturated heterocycles. The highest BCUT2D eigenvalue weighted by Gasteiger charge is 2.28. The zero-order valence-corrected chi connectivity index (χ0v) is 17.6. The summed E-state index contributed by atoms with van der Waals surface area (Å²) in [6, 6.07) is 9.87. The molecule has 1 amide bonds. The number of rotatable bonds is 10. The third-order valence-electron chi connectivity index (χ3n) is 5.72. The van der Waals surface area contributed by atoms with Crippen LogP contribution >= 0.6 is 0 Å². The molecule has 0 bridgehead atoms. The van der Waals surface area contributed by atoms with Gasteiger partial charge in [-0.1, -0.05) is 30.6 Å². The van der Waals surface area contributed by atoms with Gasteiger partial charge in [0.05, 0.1) is 12.8 Å². The van der Waals surface area contributed by atoms with Crippen LogP contribution in [0.3, 0.4) is 0 Å². The number of hydrogen-bond acceptors (Lipinski definition) is 5. The number of nitrogens with one attached hydrogen (secondary N) is 2. The van der Waals surface area contributed by atoms with Gasteiger partial charge in [-0.15, -0.1) is 0 Å². The van der Waals surface area contributed by atoms with Gasteiger partial charge in [-0.3, -0.25) is 4.79 Å². The SMILES string of the molecule is CCCCc1cc(CC2CNCCC2CC(=O)NCc2ccc(OC)cc2)no1. The fraction of sp³-hybridized carbons (Fsp3) is 0.565. The average Bonchev–Trinajstić information content (AvgIpc) is 3.20. The zero-order valence-electron chi connectivity index (χ0n) is 17.6. The predicted molar refractivity (Wildman–Crippen MR) is 113 cm³/mol. The molecular formula is C23H33N3O3. The van der Waals surface area contributed by atoms with Crippen LogP contribution in [0.15, 0.2) is 34.9 Å². The molecule has 0 radical (unpaired) electrons. The molecule has 1 aromatic heterocycles. The van der Waals surface area contributed by atoms with Gasteiger partial charge in [-0.25, -0.2) is 0 Å². The van der Waals surface area contributed by atoms with Crippen molar-refractivity contribution >= 4 is 5.91 Å². The minimum absolute atomic E-state index is 0.113. The van der Waals surface area contributed by atoms with Crippen LogP contribution in [0.25, 0.3) is 0 Å². The second kappa shape index (κ2) is 11.0. The second-order valence-corrected chi connectivity index (χ2v) is 7.93. The molecule has 29 heavy (non-hydrogen) atoms. The fourth-order valence-corrected chi connectivity index (χ4v) is 3.93. The summed E-state index contributed by atoms with van der Waals surface area (Å²) in [5, 5.41) is 10.8. The van der Waals surface area contributed by atoms with Crippen LogP contribution in [-0.4, -0.2) is 31.3 Å². The minimum Gasteiger partial charge on any atom is -0.497 e. The molecule has 6 heteroatoms. The van der Waals surface area contributed by atoms with Gasteiger partial charge in [0.25, 0.3) is 0 Å². The number of aryl methyl sites for hydroxylation is 1. The van der Waals surface area contributed by atoms with Crippen molar-refractivity contribution in [3.8, 4) is 5.75 Å². The molecule has 2 unspecified atom stereocenters. The first-order chi connectivity index (χ1) is 14.2. The largest absolute Gasteiger partial charge is 0.497 e. The Morgan fingerprint density at radius 3 is 2.90 bits per heavy atom. The molecular weight excluding hydrogens is 366 g/mol. The molecule has 2 heterocycles. The van der Waals surface area contributed by atoms with Gasteiger partial charge in [0.15, 0.2) is 0 Å². The van der Waals surface area contributed by atoms with Gasteiger partial charge in [-0.2, -0.15) is 0 Å². The van der Waals surface area contributed by atoms with Crippen molar-refractivity contribution in [3.63, 3.8) is 0 Å². The maximum atomic E-state index is 12.5. The molecule has 6 nitrogen and oxygen atoms in total. The molecule has 2 atom stereocenters. The number of hydrogen-bond donors (Lipinski definition) is 2. The predicted octanol–water partition coefficient (Wildman–Crippen LogP) is 3.50. The van der Waals surface area contributed by atoms with Gasteiger partial charge in [-0.05, 0) is 61.9 Å². The molecule has 1 aliphatic rings. The van der Waals surface area contributed by atoms with Crippen LogP contribution in [0.5, 0.6) is 5.75 Å². The number of ether oxygens (including phenoxy) is 1. The molecule has 0 spiro atoms. The Bertz CT molecular complexity index is 757. The summed E-state index contributed by atoms with van der Waals surface area (Å²) in [6.45, 7) is 4.61. The highest BCUT2D eigenvalue weighted by molar-refractivity contribution is 5.76. The number of unbranched alkanes of at least 4 members (excludes halogenated alkanes) is 1. The van der Waals surface area contributed by atoms with E-state index in [4.69, 9.17) is 9.26 Å². The Morgan fingerprint density at radius 2 is 2.14 bits per heavy atom. The van der Waals surface area contributed by atoms with E-state index in [-0.39, 0.29) is 5.91 Å². The molecule has 1 aromatic carbocycles. The Hall–Kier alpha value is -2.34. The van der Waals surface area contributed by atoms with Crippen LogP contribution in [0.4, 0.5) is 0 Å². The number of aromatic nitrogens is 1. The van der Waals surface area contributed by atoms with Crippen molar-refractivity contribution < 1.29 is 14.1 Å². The van der Waals surface area contributed by atoms with Gasteiger partial charge in [0, 0.05) is 25.5 Å². The minimum atomic E-state index is 0.113. The summed E-state index contributed by atoms with van der Waals surface area (Å²) >= 11 is 0. The molecule has 2 aromatic rings. The zero-order chi connectivity index (χ0) is 20.5. The van der Waals surface area contributed by atoms with Crippen LogP contribution in [-0.2, 0) is 24.2 Å². The summed E-state index contributed by atoms with van der Waals surface area (Å²) in [7, 11) is 1.65. The molecule has 3 rings (SSSR count). The first kappa shape index (κ1) is 21.4. The van der Waals surface area contributed by atoms with Gasteiger partial charge in [0.2, 0.25) is 5.91 Å². The number of methoxy groups -OCH3 is 1. The Kier molecular flexibility index (Phi) is 8.11. The van der Waals surface area contributed by atoms with E-state index in [0.29, 0.717) is 24.8 Å². The lowest BCUT2D eigenvalue weighted by molar-refractivity contribution is -0.122. The lowest BCUT2D eigenvalue weighted by Gasteiger charge is -2.31. The van der Waals surface area contributed by atoms with Crippen molar-refractivity contribution in [2.75, 3.05) is 20.2 Å². The van der Waals surface area contributed by atoms with E-state index in [2.05, 4.69) is 28.8 Å². The van der Waals surface area contributed by atoms with E-state index in [1.165, 1.54) is 0 Å². The van der Waals surface area contributed by atoms with E-state index in [9.17, 15) is 4.79 Å². The van der Waals surface area contributed by atoms with Gasteiger partial charge in [0.1, 0.15) is 11.5 Å². The number of carbonyl (C=O) groups excluding carboxylic acids is 1. The van der Waals surface area contributed by atoms with Crippen LogP contribution < -0.4 is 15.4 Å². The number of amides is 1. The summed E-state index contributed by atoms with van der Waals surface area (Å²) < 4.78 is 10.6. The Labute approximate surface area is 173 Å². The summed E-state index contributed by atoms with van der Waals surface area (Å²) in [4.78, 5) is 12.5. The van der Waals surface area contributed by atoms with E-state index in [1.54, 1.807) is 7.11 Å². The molecule has 0 saturated carbocycles. The third kappa shape index (κ3) is 6.60. The van der Waals surface area contributed by atoms with E-state index in [0.717, 1.165) is 68.0 Å². The summed E-state index contributed by atoms with van der Waals surface area (Å²) in [6.07, 6.45) is 5.65. The molecule has 1 fully saturated rings. The van der Waals surface area contributed by atoms with E-state index >= 15 is 0 Å². The van der Waals surface area contributed by atoms with Crippen molar-refractivity contribution in [2.24, 2.45) is 11.8 Å². The highest BCUT2D eigenvalue weighted by atomic mass is 16.5. The average molecular weight is 400 g/mol. The quantitative estimate of drug-likeness (QED) is 0.639. The lowest BCUT2D eigenvalue weighted by atomic mass is 9.81.